The molecule has 0 saturated carbocycles. The van der Waals surface area contributed by atoms with Crippen LogP contribution in [-0.2, 0) is 22.6 Å². The maximum atomic E-state index is 13.7. The maximum absolute atomic E-state index is 13.7. The summed E-state index contributed by atoms with van der Waals surface area (Å²) in [4.78, 5) is 6.79. The second kappa shape index (κ2) is 13.3. The lowest BCUT2D eigenvalue weighted by atomic mass is 10.0. The van der Waals surface area contributed by atoms with Crippen molar-refractivity contribution >= 4 is 29.9 Å². The highest BCUT2D eigenvalue weighted by atomic mass is 127. The fourth-order valence-electron chi connectivity index (χ4n) is 3.31. The average molecular weight is 508 g/mol. The van der Waals surface area contributed by atoms with Crippen LogP contribution >= 0.6 is 24.0 Å². The number of nitrogens with one attached hydrogen (secondary N) is 2. The van der Waals surface area contributed by atoms with Gasteiger partial charge in [-0.1, -0.05) is 19.9 Å². The van der Waals surface area contributed by atoms with E-state index in [9.17, 15) is 4.39 Å². The van der Waals surface area contributed by atoms with Gasteiger partial charge in [0.25, 0.3) is 0 Å². The van der Waals surface area contributed by atoms with Crippen LogP contribution in [0.1, 0.15) is 25.0 Å². The Morgan fingerprint density at radius 3 is 2.61 bits per heavy atom. The van der Waals surface area contributed by atoms with Gasteiger partial charge in [0, 0.05) is 51.9 Å². The molecular formula is C20H34FIN4O2. The van der Waals surface area contributed by atoms with Gasteiger partial charge in [-0.25, -0.2) is 4.39 Å². The van der Waals surface area contributed by atoms with Crippen molar-refractivity contribution < 1.29 is 13.9 Å². The molecule has 0 spiro atoms. The molecule has 0 amide bonds. The fourth-order valence-corrected chi connectivity index (χ4v) is 3.31. The van der Waals surface area contributed by atoms with Crippen LogP contribution in [0.2, 0.25) is 0 Å². The number of rotatable bonds is 8. The van der Waals surface area contributed by atoms with Gasteiger partial charge < -0.3 is 20.1 Å². The Hall–Kier alpha value is -0.970. The molecule has 8 heteroatoms. The van der Waals surface area contributed by atoms with Gasteiger partial charge in [0.15, 0.2) is 5.96 Å². The second-order valence-corrected chi connectivity index (χ2v) is 7.13. The van der Waals surface area contributed by atoms with Crippen LogP contribution in [-0.4, -0.2) is 63.9 Å². The molecule has 1 aromatic carbocycles. The summed E-state index contributed by atoms with van der Waals surface area (Å²) in [6, 6.07) is 5.50. The van der Waals surface area contributed by atoms with Gasteiger partial charge in [-0.3, -0.25) is 9.89 Å². The van der Waals surface area contributed by atoms with E-state index in [1.54, 1.807) is 20.2 Å². The molecule has 0 radical (unpaired) electrons. The topological polar surface area (TPSA) is 58.1 Å². The predicted molar refractivity (Wildman–Crippen MR) is 122 cm³/mol. The lowest BCUT2D eigenvalue weighted by Gasteiger charge is -2.37. The fraction of sp³-hybridized carbons (Fsp3) is 0.650. The standard InChI is InChI=1S/C20H33FN4O2.HI/c1-15(2)19(25-7-9-27-10-8-25)13-24-20(22-3)23-12-16-5-6-18(21)17(11-16)14-26-4;/h5-6,11,15,19H,7-10,12-14H2,1-4H3,(H2,22,23,24);1H. The van der Waals surface area contributed by atoms with E-state index in [0.29, 0.717) is 24.1 Å². The molecule has 0 bridgehead atoms. The highest BCUT2D eigenvalue weighted by Crippen LogP contribution is 2.13. The summed E-state index contributed by atoms with van der Waals surface area (Å²) >= 11 is 0. The zero-order valence-electron chi connectivity index (χ0n) is 17.3. The van der Waals surface area contributed by atoms with Crippen molar-refractivity contribution in [3.05, 3.63) is 35.1 Å². The molecule has 6 nitrogen and oxygen atoms in total. The summed E-state index contributed by atoms with van der Waals surface area (Å²) < 4.78 is 24.2. The summed E-state index contributed by atoms with van der Waals surface area (Å²) in [7, 11) is 3.32. The first-order valence-corrected chi connectivity index (χ1v) is 9.57. The number of aliphatic imine (C=N–C) groups is 1. The Labute approximate surface area is 185 Å². The van der Waals surface area contributed by atoms with Gasteiger partial charge in [0.2, 0.25) is 0 Å². The number of nitrogens with zero attached hydrogens (tertiary/aromatic N) is 2. The van der Waals surface area contributed by atoms with Crippen LogP contribution < -0.4 is 10.6 Å². The number of ether oxygens (including phenoxy) is 2. The molecule has 1 atom stereocenters. The summed E-state index contributed by atoms with van der Waals surface area (Å²) in [5, 5.41) is 6.73. The summed E-state index contributed by atoms with van der Waals surface area (Å²) in [6.07, 6.45) is 0. The minimum Gasteiger partial charge on any atom is -0.380 e. The number of halogens is 2. The van der Waals surface area contributed by atoms with E-state index in [0.717, 1.165) is 44.4 Å². The zero-order chi connectivity index (χ0) is 19.6. The van der Waals surface area contributed by atoms with Gasteiger partial charge in [-0.15, -0.1) is 24.0 Å². The molecular weight excluding hydrogens is 474 g/mol. The third-order valence-corrected chi connectivity index (χ3v) is 4.86. The van der Waals surface area contributed by atoms with Crippen LogP contribution in [0.5, 0.6) is 0 Å². The molecule has 1 saturated heterocycles. The molecule has 1 aliphatic heterocycles. The van der Waals surface area contributed by atoms with E-state index in [1.807, 2.05) is 6.07 Å². The number of benzene rings is 1. The van der Waals surface area contributed by atoms with E-state index < -0.39 is 0 Å². The number of methoxy groups -OCH3 is 1. The molecule has 28 heavy (non-hydrogen) atoms. The largest absolute Gasteiger partial charge is 0.380 e. The van der Waals surface area contributed by atoms with Crippen LogP contribution in [0.3, 0.4) is 0 Å². The Morgan fingerprint density at radius 1 is 1.29 bits per heavy atom. The monoisotopic (exact) mass is 508 g/mol. The van der Waals surface area contributed by atoms with Crippen molar-refractivity contribution in [1.82, 2.24) is 15.5 Å². The van der Waals surface area contributed by atoms with Crippen molar-refractivity contribution in [2.45, 2.75) is 33.0 Å². The molecule has 0 aromatic heterocycles. The Balaban J connectivity index is 0.00000392. The minimum absolute atomic E-state index is 0. The molecule has 1 aliphatic rings. The predicted octanol–water partition coefficient (Wildman–Crippen LogP) is 2.61. The molecule has 0 aliphatic carbocycles. The number of hydrogen-bond acceptors (Lipinski definition) is 4. The van der Waals surface area contributed by atoms with Crippen LogP contribution in [0.4, 0.5) is 4.39 Å². The Morgan fingerprint density at radius 2 is 2.00 bits per heavy atom. The third-order valence-electron chi connectivity index (χ3n) is 4.86. The minimum atomic E-state index is -0.242. The second-order valence-electron chi connectivity index (χ2n) is 7.13. The summed E-state index contributed by atoms with van der Waals surface area (Å²) in [5.74, 6) is 1.03. The van der Waals surface area contributed by atoms with Gasteiger partial charge in [0.1, 0.15) is 5.82 Å². The molecule has 160 valence electrons. The highest BCUT2D eigenvalue weighted by molar-refractivity contribution is 14.0. The SMILES string of the molecule is CN=C(NCc1ccc(F)c(COC)c1)NCC(C(C)C)N1CCOCC1.I. The lowest BCUT2D eigenvalue weighted by molar-refractivity contribution is 0.00752. The maximum Gasteiger partial charge on any atom is 0.191 e. The van der Waals surface area contributed by atoms with Crippen molar-refractivity contribution in [2.24, 2.45) is 10.9 Å². The summed E-state index contributed by atoms with van der Waals surface area (Å²) in [6.45, 7) is 9.66. The first kappa shape index (κ1) is 25.1. The summed E-state index contributed by atoms with van der Waals surface area (Å²) in [5.41, 5.74) is 1.55. The van der Waals surface area contributed by atoms with Crippen molar-refractivity contribution in [3.63, 3.8) is 0 Å². The molecule has 1 heterocycles. The molecule has 2 rings (SSSR count). The molecule has 1 fully saturated rings. The van der Waals surface area contributed by atoms with Gasteiger partial charge in [0.05, 0.1) is 19.8 Å². The van der Waals surface area contributed by atoms with Crippen molar-refractivity contribution in [1.29, 1.82) is 0 Å². The van der Waals surface area contributed by atoms with Crippen LogP contribution in [0.15, 0.2) is 23.2 Å². The normalized spacial score (nSPS) is 16.6. The smallest absolute Gasteiger partial charge is 0.191 e. The Bertz CT molecular complexity index is 610. The van der Waals surface area contributed by atoms with Crippen molar-refractivity contribution in [2.75, 3.05) is 47.0 Å². The molecule has 1 aromatic rings. The zero-order valence-corrected chi connectivity index (χ0v) is 19.7. The Kier molecular flexibility index (Phi) is 11.9. The molecule has 2 N–H and O–H groups in total. The van der Waals surface area contributed by atoms with Gasteiger partial charge in [-0.2, -0.15) is 0 Å². The number of guanidine groups is 1. The first-order chi connectivity index (χ1) is 13.0. The first-order valence-electron chi connectivity index (χ1n) is 9.57. The quantitative estimate of drug-likeness (QED) is 0.321. The van der Waals surface area contributed by atoms with Gasteiger partial charge >= 0.3 is 0 Å². The highest BCUT2D eigenvalue weighted by Gasteiger charge is 2.23. The van der Waals surface area contributed by atoms with Gasteiger partial charge in [-0.05, 0) is 23.6 Å². The lowest BCUT2D eigenvalue weighted by Crippen LogP contribution is -2.52. The van der Waals surface area contributed by atoms with E-state index in [4.69, 9.17) is 9.47 Å². The average Bonchev–Trinajstić information content (AvgIpc) is 2.67. The van der Waals surface area contributed by atoms with Crippen LogP contribution in [0.25, 0.3) is 0 Å². The number of hydrogen-bond donors (Lipinski definition) is 2. The van der Waals surface area contributed by atoms with E-state index >= 15 is 0 Å². The van der Waals surface area contributed by atoms with Crippen molar-refractivity contribution in [3.8, 4) is 0 Å². The third kappa shape index (κ3) is 7.81. The van der Waals surface area contributed by atoms with E-state index in [-0.39, 0.29) is 36.4 Å². The van der Waals surface area contributed by atoms with E-state index in [1.165, 1.54) is 6.07 Å². The molecule has 1 unspecified atom stereocenters. The van der Waals surface area contributed by atoms with Crippen LogP contribution in [0, 0.1) is 11.7 Å². The number of morpholine rings is 1. The van der Waals surface area contributed by atoms with E-state index in [2.05, 4.69) is 34.4 Å².